The highest BCUT2D eigenvalue weighted by Crippen LogP contribution is 2.31. The highest BCUT2D eigenvalue weighted by Gasteiger charge is 2.34. The molecule has 3 rings (SSSR count). The summed E-state index contributed by atoms with van der Waals surface area (Å²) in [6, 6.07) is 6.96. The monoisotopic (exact) mass is 279 g/mol. The van der Waals surface area contributed by atoms with Crippen LogP contribution in [0.1, 0.15) is 25.0 Å². The van der Waals surface area contributed by atoms with E-state index >= 15 is 0 Å². The molecule has 0 bridgehead atoms. The minimum absolute atomic E-state index is 0.496. The van der Waals surface area contributed by atoms with Crippen LogP contribution in [0.3, 0.4) is 0 Å². The van der Waals surface area contributed by atoms with Crippen molar-refractivity contribution < 1.29 is 0 Å². The third kappa shape index (κ3) is 2.72. The molecule has 0 radical (unpaired) electrons. The summed E-state index contributed by atoms with van der Waals surface area (Å²) in [5, 5.41) is 0. The largest absolute Gasteiger partial charge is 0.356 e. The second-order valence-corrected chi connectivity index (χ2v) is 6.07. The average molecular weight is 280 g/mol. The third-order valence-electron chi connectivity index (χ3n) is 4.60. The summed E-state index contributed by atoms with van der Waals surface area (Å²) in [5.41, 5.74) is 0.974. The molecule has 104 valence electrons. The van der Waals surface area contributed by atoms with Gasteiger partial charge in [-0.1, -0.05) is 6.07 Å². The summed E-state index contributed by atoms with van der Waals surface area (Å²) < 4.78 is 0. The second kappa shape index (κ2) is 5.68. The lowest BCUT2D eigenvalue weighted by Gasteiger charge is -2.46. The zero-order valence-corrected chi connectivity index (χ0v) is 12.3. The number of alkyl halides is 1. The van der Waals surface area contributed by atoms with Crippen LogP contribution in [0.2, 0.25) is 0 Å². The minimum Gasteiger partial charge on any atom is -0.356 e. The van der Waals surface area contributed by atoms with Gasteiger partial charge in [0.2, 0.25) is 0 Å². The van der Waals surface area contributed by atoms with Crippen LogP contribution in [0.25, 0.3) is 0 Å². The summed E-state index contributed by atoms with van der Waals surface area (Å²) in [6.45, 7) is 3.53. The van der Waals surface area contributed by atoms with Gasteiger partial charge in [0.25, 0.3) is 0 Å². The Morgan fingerprint density at radius 3 is 3.05 bits per heavy atom. The number of nitrogens with zero attached hydrogens (tertiary/aromatic N) is 3. The molecule has 2 saturated heterocycles. The zero-order chi connectivity index (χ0) is 13.2. The van der Waals surface area contributed by atoms with Crippen LogP contribution >= 0.6 is 11.6 Å². The summed E-state index contributed by atoms with van der Waals surface area (Å²) >= 11 is 5.88. The first kappa shape index (κ1) is 13.2. The molecule has 3 nitrogen and oxygen atoms in total. The Labute approximate surface area is 120 Å². The number of aromatic nitrogens is 1. The fraction of sp³-hybridized carbons (Fsp3) is 0.667. The van der Waals surface area contributed by atoms with E-state index in [9.17, 15) is 0 Å². The standard InChI is InChI=1S/C15H22ClN3/c1-18-8-3-4-12-11-19(9-7-14(12)18)15-6-2-5-13(10-16)17-15/h2,5-6,12,14H,3-4,7-11H2,1H3. The van der Waals surface area contributed by atoms with E-state index < -0.39 is 0 Å². The molecule has 2 atom stereocenters. The highest BCUT2D eigenvalue weighted by molar-refractivity contribution is 6.16. The lowest BCUT2D eigenvalue weighted by molar-refractivity contribution is 0.102. The first-order valence-electron chi connectivity index (χ1n) is 7.25. The van der Waals surface area contributed by atoms with Gasteiger partial charge in [0.05, 0.1) is 11.6 Å². The first-order valence-corrected chi connectivity index (χ1v) is 7.78. The number of hydrogen-bond acceptors (Lipinski definition) is 3. The highest BCUT2D eigenvalue weighted by atomic mass is 35.5. The topological polar surface area (TPSA) is 19.4 Å². The van der Waals surface area contributed by atoms with Gasteiger partial charge in [-0.05, 0) is 50.9 Å². The normalized spacial score (nSPS) is 28.2. The van der Waals surface area contributed by atoms with Crippen LogP contribution in [-0.4, -0.2) is 42.6 Å². The fourth-order valence-corrected chi connectivity index (χ4v) is 3.73. The van der Waals surface area contributed by atoms with Crippen molar-refractivity contribution in [2.24, 2.45) is 5.92 Å². The molecule has 2 aliphatic heterocycles. The van der Waals surface area contributed by atoms with Gasteiger partial charge in [-0.25, -0.2) is 4.98 Å². The van der Waals surface area contributed by atoms with E-state index in [1.807, 2.05) is 6.07 Å². The molecule has 0 spiro atoms. The minimum atomic E-state index is 0.496. The molecule has 0 aromatic carbocycles. The lowest BCUT2D eigenvalue weighted by Crippen LogP contribution is -2.52. The number of anilines is 1. The Bertz CT molecular complexity index is 437. The van der Waals surface area contributed by atoms with Crippen LogP contribution in [0.4, 0.5) is 5.82 Å². The predicted molar refractivity (Wildman–Crippen MR) is 79.8 cm³/mol. The van der Waals surface area contributed by atoms with Crippen LogP contribution in [0.15, 0.2) is 18.2 Å². The lowest BCUT2D eigenvalue weighted by atomic mass is 9.84. The fourth-order valence-electron chi connectivity index (χ4n) is 3.58. The second-order valence-electron chi connectivity index (χ2n) is 5.81. The Kier molecular flexibility index (Phi) is 3.94. The summed E-state index contributed by atoms with van der Waals surface area (Å²) in [4.78, 5) is 9.64. The summed E-state index contributed by atoms with van der Waals surface area (Å²) in [5.74, 6) is 2.40. The Morgan fingerprint density at radius 1 is 1.32 bits per heavy atom. The smallest absolute Gasteiger partial charge is 0.128 e. The van der Waals surface area contributed by atoms with Crippen LogP contribution in [-0.2, 0) is 5.88 Å². The van der Waals surface area contributed by atoms with Gasteiger partial charge >= 0.3 is 0 Å². The van der Waals surface area contributed by atoms with Crippen molar-refractivity contribution in [1.29, 1.82) is 0 Å². The third-order valence-corrected chi connectivity index (χ3v) is 4.87. The maximum atomic E-state index is 5.88. The molecule has 1 aromatic heterocycles. The van der Waals surface area contributed by atoms with Gasteiger partial charge in [0.15, 0.2) is 0 Å². The Balaban J connectivity index is 1.73. The molecule has 19 heavy (non-hydrogen) atoms. The van der Waals surface area contributed by atoms with E-state index in [1.54, 1.807) is 0 Å². The van der Waals surface area contributed by atoms with E-state index in [2.05, 4.69) is 34.0 Å². The quantitative estimate of drug-likeness (QED) is 0.776. The molecule has 0 aliphatic carbocycles. The number of hydrogen-bond donors (Lipinski definition) is 0. The van der Waals surface area contributed by atoms with Gasteiger partial charge in [-0.15, -0.1) is 11.6 Å². The zero-order valence-electron chi connectivity index (χ0n) is 11.6. The number of halogens is 1. The molecule has 2 unspecified atom stereocenters. The van der Waals surface area contributed by atoms with Crippen molar-refractivity contribution in [3.63, 3.8) is 0 Å². The van der Waals surface area contributed by atoms with Gasteiger partial charge in [0.1, 0.15) is 5.82 Å². The SMILES string of the molecule is CN1CCCC2CN(c3cccc(CCl)n3)CCC21. The van der Waals surface area contributed by atoms with Crippen LogP contribution in [0.5, 0.6) is 0 Å². The molecule has 2 aliphatic rings. The average Bonchev–Trinajstić information content (AvgIpc) is 2.47. The van der Waals surface area contributed by atoms with E-state index in [1.165, 1.54) is 25.8 Å². The van der Waals surface area contributed by atoms with Crippen molar-refractivity contribution >= 4 is 17.4 Å². The van der Waals surface area contributed by atoms with Crippen LogP contribution < -0.4 is 4.90 Å². The summed E-state index contributed by atoms with van der Waals surface area (Å²) in [7, 11) is 2.28. The number of fused-ring (bicyclic) bond motifs is 1. The van der Waals surface area contributed by atoms with E-state index in [0.29, 0.717) is 5.88 Å². The number of pyridine rings is 1. The maximum Gasteiger partial charge on any atom is 0.128 e. The summed E-state index contributed by atoms with van der Waals surface area (Å²) in [6.07, 6.45) is 3.95. The molecule has 0 saturated carbocycles. The molecular formula is C15H22ClN3. The van der Waals surface area contributed by atoms with Crippen molar-refractivity contribution in [3.8, 4) is 0 Å². The van der Waals surface area contributed by atoms with Gasteiger partial charge in [0, 0.05) is 19.1 Å². The molecule has 3 heterocycles. The van der Waals surface area contributed by atoms with E-state index in [-0.39, 0.29) is 0 Å². The van der Waals surface area contributed by atoms with Gasteiger partial charge < -0.3 is 9.80 Å². The van der Waals surface area contributed by atoms with Gasteiger partial charge in [-0.3, -0.25) is 0 Å². The molecule has 1 aromatic rings. The van der Waals surface area contributed by atoms with Gasteiger partial charge in [-0.2, -0.15) is 0 Å². The van der Waals surface area contributed by atoms with Crippen molar-refractivity contribution in [3.05, 3.63) is 23.9 Å². The molecule has 4 heteroatoms. The first-order chi connectivity index (χ1) is 9.28. The Hall–Kier alpha value is -0.800. The van der Waals surface area contributed by atoms with Crippen molar-refractivity contribution in [1.82, 2.24) is 9.88 Å². The van der Waals surface area contributed by atoms with Crippen molar-refractivity contribution in [2.45, 2.75) is 31.2 Å². The van der Waals surface area contributed by atoms with Crippen molar-refractivity contribution in [2.75, 3.05) is 31.6 Å². The maximum absolute atomic E-state index is 5.88. The number of likely N-dealkylation sites (tertiary alicyclic amines) is 1. The van der Waals surface area contributed by atoms with E-state index in [4.69, 9.17) is 11.6 Å². The van der Waals surface area contributed by atoms with Crippen LogP contribution in [0, 0.1) is 5.92 Å². The molecule has 2 fully saturated rings. The number of piperidine rings is 2. The number of rotatable bonds is 2. The molecule has 0 amide bonds. The molecular weight excluding hydrogens is 258 g/mol. The van der Waals surface area contributed by atoms with E-state index in [0.717, 1.165) is 36.6 Å². The Morgan fingerprint density at radius 2 is 2.21 bits per heavy atom. The predicted octanol–water partition coefficient (Wildman–Crippen LogP) is 2.74. The molecule has 0 N–H and O–H groups in total.